The van der Waals surface area contributed by atoms with Crippen LogP contribution in [0.15, 0.2) is 66.0 Å². The number of nitroso groups, excluding NO2 is 1. The smallest absolute Gasteiger partial charge is 0.251 e. The average molecular weight is 347 g/mol. The van der Waals surface area contributed by atoms with Crippen molar-refractivity contribution < 1.29 is 4.79 Å². The third-order valence-corrected chi connectivity index (χ3v) is 3.81. The molecule has 0 aliphatic heterocycles. The number of benzene rings is 2. The lowest BCUT2D eigenvalue weighted by molar-refractivity contribution is 0.0951. The summed E-state index contributed by atoms with van der Waals surface area (Å²) in [6.07, 6.45) is 1.50. The van der Waals surface area contributed by atoms with Gasteiger partial charge in [-0.15, -0.1) is 0 Å². The Morgan fingerprint density at radius 2 is 1.92 bits per heavy atom. The Morgan fingerprint density at radius 3 is 2.69 bits per heavy atom. The average Bonchev–Trinajstić information content (AvgIpc) is 2.69. The number of amides is 1. The molecule has 130 valence electrons. The van der Waals surface area contributed by atoms with E-state index in [0.29, 0.717) is 29.1 Å². The number of carbonyl (C=O) groups excluding carboxylic acids is 1. The zero-order valence-corrected chi connectivity index (χ0v) is 13.9. The molecule has 3 N–H and O–H groups in total. The first-order chi connectivity index (χ1) is 12.7. The zero-order chi connectivity index (χ0) is 18.4. The van der Waals surface area contributed by atoms with E-state index >= 15 is 0 Å². The summed E-state index contributed by atoms with van der Waals surface area (Å²) in [7, 11) is 0. The summed E-state index contributed by atoms with van der Waals surface area (Å²) in [5.41, 5.74) is 8.76. The molecule has 3 rings (SSSR count). The van der Waals surface area contributed by atoms with Crippen molar-refractivity contribution >= 4 is 11.7 Å². The van der Waals surface area contributed by atoms with E-state index in [4.69, 9.17) is 5.73 Å². The Bertz CT molecular complexity index is 928. The van der Waals surface area contributed by atoms with Gasteiger partial charge in [-0.2, -0.15) is 4.91 Å². The number of nitrogen functional groups attached to an aromatic ring is 1. The second-order valence-electron chi connectivity index (χ2n) is 5.62. The van der Waals surface area contributed by atoms with E-state index in [9.17, 15) is 9.70 Å². The number of hydrogen-bond donors (Lipinski definition) is 2. The standard InChI is InChI=1S/C19H17N5O2/c20-18-17(12-23-26)24-16(11-21-18)14-7-4-8-15(9-14)19(25)22-10-13-5-2-1-3-6-13/h1-9,11H,10,12H2,(H2,20,21)(H,22,25). The lowest BCUT2D eigenvalue weighted by Gasteiger charge is -2.08. The predicted octanol–water partition coefficient (Wildman–Crippen LogP) is 2.92. The molecule has 0 saturated heterocycles. The molecule has 1 aromatic heterocycles. The fourth-order valence-corrected chi connectivity index (χ4v) is 2.45. The molecule has 3 aromatic rings. The van der Waals surface area contributed by atoms with Gasteiger partial charge in [-0.1, -0.05) is 47.6 Å². The fourth-order valence-electron chi connectivity index (χ4n) is 2.45. The summed E-state index contributed by atoms with van der Waals surface area (Å²) in [6, 6.07) is 16.7. The number of nitrogens with one attached hydrogen (secondary N) is 1. The SMILES string of the molecule is Nc1ncc(-c2cccc(C(=O)NCc3ccccc3)c2)nc1CN=O. The van der Waals surface area contributed by atoms with Crippen LogP contribution in [0, 0.1) is 4.91 Å². The second-order valence-corrected chi connectivity index (χ2v) is 5.62. The molecule has 0 atom stereocenters. The molecule has 7 nitrogen and oxygen atoms in total. The number of carbonyl (C=O) groups is 1. The van der Waals surface area contributed by atoms with Crippen molar-refractivity contribution in [3.63, 3.8) is 0 Å². The highest BCUT2D eigenvalue weighted by atomic mass is 16.3. The van der Waals surface area contributed by atoms with Gasteiger partial charge < -0.3 is 11.1 Å². The molecule has 0 fully saturated rings. The molecular formula is C19H17N5O2. The minimum atomic E-state index is -0.186. The van der Waals surface area contributed by atoms with Crippen molar-refractivity contribution in [3.05, 3.63) is 82.5 Å². The number of anilines is 1. The summed E-state index contributed by atoms with van der Waals surface area (Å²) in [4.78, 5) is 31.2. The Kier molecular flexibility index (Phi) is 5.28. The van der Waals surface area contributed by atoms with Crippen molar-refractivity contribution in [3.8, 4) is 11.3 Å². The van der Waals surface area contributed by atoms with Gasteiger partial charge in [-0.05, 0) is 17.7 Å². The van der Waals surface area contributed by atoms with Crippen LogP contribution in [0.4, 0.5) is 5.82 Å². The van der Waals surface area contributed by atoms with Gasteiger partial charge in [-0.25, -0.2) is 9.97 Å². The summed E-state index contributed by atoms with van der Waals surface area (Å²) >= 11 is 0. The maximum absolute atomic E-state index is 12.4. The van der Waals surface area contributed by atoms with Crippen molar-refractivity contribution in [2.24, 2.45) is 5.18 Å². The van der Waals surface area contributed by atoms with E-state index in [1.807, 2.05) is 36.4 Å². The van der Waals surface area contributed by atoms with E-state index in [0.717, 1.165) is 5.56 Å². The van der Waals surface area contributed by atoms with Crippen LogP contribution < -0.4 is 11.1 Å². The molecule has 26 heavy (non-hydrogen) atoms. The Balaban J connectivity index is 1.78. The lowest BCUT2D eigenvalue weighted by Crippen LogP contribution is -2.22. The molecule has 0 bridgehead atoms. The highest BCUT2D eigenvalue weighted by Gasteiger charge is 2.10. The van der Waals surface area contributed by atoms with Gasteiger partial charge in [0, 0.05) is 17.7 Å². The summed E-state index contributed by atoms with van der Waals surface area (Å²) in [5, 5.41) is 5.69. The van der Waals surface area contributed by atoms with E-state index in [-0.39, 0.29) is 18.3 Å². The lowest BCUT2D eigenvalue weighted by atomic mass is 10.1. The minimum Gasteiger partial charge on any atom is -0.382 e. The van der Waals surface area contributed by atoms with Gasteiger partial charge in [0.25, 0.3) is 5.91 Å². The van der Waals surface area contributed by atoms with Crippen LogP contribution in [0.25, 0.3) is 11.3 Å². The van der Waals surface area contributed by atoms with Crippen LogP contribution in [0.5, 0.6) is 0 Å². The first-order valence-corrected chi connectivity index (χ1v) is 8.00. The van der Waals surface area contributed by atoms with Gasteiger partial charge in [0.15, 0.2) is 0 Å². The number of aromatic nitrogens is 2. The molecule has 0 saturated carbocycles. The van der Waals surface area contributed by atoms with Gasteiger partial charge in [0.2, 0.25) is 0 Å². The first kappa shape index (κ1) is 17.2. The Hall–Kier alpha value is -3.61. The monoisotopic (exact) mass is 347 g/mol. The Morgan fingerprint density at radius 1 is 1.12 bits per heavy atom. The first-order valence-electron chi connectivity index (χ1n) is 8.00. The molecule has 0 unspecified atom stereocenters. The van der Waals surface area contributed by atoms with Gasteiger partial charge >= 0.3 is 0 Å². The van der Waals surface area contributed by atoms with Crippen LogP contribution in [-0.4, -0.2) is 15.9 Å². The quantitative estimate of drug-likeness (QED) is 0.666. The van der Waals surface area contributed by atoms with E-state index < -0.39 is 0 Å². The van der Waals surface area contributed by atoms with E-state index in [1.54, 1.807) is 18.2 Å². The van der Waals surface area contributed by atoms with E-state index in [2.05, 4.69) is 20.5 Å². The summed E-state index contributed by atoms with van der Waals surface area (Å²) < 4.78 is 0. The highest BCUT2D eigenvalue weighted by molar-refractivity contribution is 5.95. The van der Waals surface area contributed by atoms with Gasteiger partial charge in [0.1, 0.15) is 18.1 Å². The van der Waals surface area contributed by atoms with Crippen molar-refractivity contribution in [2.75, 3.05) is 5.73 Å². The Labute approximate surface area is 150 Å². The van der Waals surface area contributed by atoms with Crippen LogP contribution in [-0.2, 0) is 13.1 Å². The minimum absolute atomic E-state index is 0.149. The topological polar surface area (TPSA) is 110 Å². The van der Waals surface area contributed by atoms with Crippen molar-refractivity contribution in [2.45, 2.75) is 13.1 Å². The van der Waals surface area contributed by atoms with Crippen LogP contribution in [0.3, 0.4) is 0 Å². The molecule has 1 heterocycles. The maximum atomic E-state index is 12.4. The molecular weight excluding hydrogens is 330 g/mol. The molecule has 2 aromatic carbocycles. The number of nitrogens with two attached hydrogens (primary N) is 1. The molecule has 7 heteroatoms. The largest absolute Gasteiger partial charge is 0.382 e. The maximum Gasteiger partial charge on any atom is 0.251 e. The molecule has 0 aliphatic rings. The van der Waals surface area contributed by atoms with Crippen LogP contribution >= 0.6 is 0 Å². The normalized spacial score (nSPS) is 10.3. The number of nitrogens with zero attached hydrogens (tertiary/aromatic N) is 3. The fraction of sp³-hybridized carbons (Fsp3) is 0.105. The molecule has 0 radical (unpaired) electrons. The van der Waals surface area contributed by atoms with Crippen molar-refractivity contribution in [1.29, 1.82) is 0 Å². The van der Waals surface area contributed by atoms with Crippen LogP contribution in [0.1, 0.15) is 21.6 Å². The van der Waals surface area contributed by atoms with Crippen LogP contribution in [0.2, 0.25) is 0 Å². The zero-order valence-electron chi connectivity index (χ0n) is 13.9. The van der Waals surface area contributed by atoms with Gasteiger partial charge in [-0.3, -0.25) is 4.79 Å². The number of hydrogen-bond acceptors (Lipinski definition) is 6. The molecule has 0 aliphatic carbocycles. The second kappa shape index (κ2) is 7.98. The molecule has 0 spiro atoms. The molecule has 1 amide bonds. The van der Waals surface area contributed by atoms with Gasteiger partial charge in [0.05, 0.1) is 11.9 Å². The number of rotatable bonds is 6. The summed E-state index contributed by atoms with van der Waals surface area (Å²) in [6.45, 7) is 0.296. The third kappa shape index (κ3) is 4.07. The van der Waals surface area contributed by atoms with Crippen molar-refractivity contribution in [1.82, 2.24) is 15.3 Å². The highest BCUT2D eigenvalue weighted by Crippen LogP contribution is 2.20. The third-order valence-electron chi connectivity index (χ3n) is 3.81. The predicted molar refractivity (Wildman–Crippen MR) is 99.0 cm³/mol. The summed E-state index contributed by atoms with van der Waals surface area (Å²) in [5.74, 6) is -0.0148. The van der Waals surface area contributed by atoms with E-state index in [1.165, 1.54) is 6.20 Å².